The van der Waals surface area contributed by atoms with Crippen molar-refractivity contribution in [2.24, 2.45) is 11.7 Å². The second-order valence-electron chi connectivity index (χ2n) is 5.04. The number of primary amides is 1. The summed E-state index contributed by atoms with van der Waals surface area (Å²) in [5.41, 5.74) is 5.17. The lowest BCUT2D eigenvalue weighted by molar-refractivity contribution is -0.134. The number of carbonyl (C=O) groups is 3. The summed E-state index contributed by atoms with van der Waals surface area (Å²) in [7, 11) is 0. The first kappa shape index (κ1) is 17.6. The minimum Gasteiger partial charge on any atom is -0.383 e. The second-order valence-corrected chi connectivity index (χ2v) is 5.04. The van der Waals surface area contributed by atoms with Crippen molar-refractivity contribution in [1.29, 1.82) is 0 Å². The van der Waals surface area contributed by atoms with Crippen LogP contribution >= 0.6 is 0 Å². The molecular weight excluding hydrogens is 248 g/mol. The van der Waals surface area contributed by atoms with E-state index in [4.69, 9.17) is 5.73 Å². The van der Waals surface area contributed by atoms with Gasteiger partial charge in [-0.25, -0.2) is 0 Å². The molecular formula is C13H24N2O4. The zero-order chi connectivity index (χ0) is 15.0. The first-order valence-electron chi connectivity index (χ1n) is 6.57. The van der Waals surface area contributed by atoms with Crippen molar-refractivity contribution >= 4 is 17.6 Å². The normalized spacial score (nSPS) is 13.9. The van der Waals surface area contributed by atoms with Crippen LogP contribution in [0.3, 0.4) is 0 Å². The Hall–Kier alpha value is -1.43. The largest absolute Gasteiger partial charge is 0.383 e. The molecule has 6 heteroatoms. The third kappa shape index (κ3) is 7.56. The van der Waals surface area contributed by atoms with Crippen molar-refractivity contribution in [1.82, 2.24) is 5.32 Å². The number of rotatable bonds is 9. The lowest BCUT2D eigenvalue weighted by Gasteiger charge is -2.18. The van der Waals surface area contributed by atoms with Gasteiger partial charge in [0.2, 0.25) is 11.8 Å². The van der Waals surface area contributed by atoms with E-state index in [2.05, 4.69) is 5.32 Å². The number of ketones is 1. The fourth-order valence-electron chi connectivity index (χ4n) is 1.59. The average Bonchev–Trinajstić information content (AvgIpc) is 2.32. The second kappa shape index (κ2) is 8.63. The van der Waals surface area contributed by atoms with Crippen LogP contribution in [-0.2, 0) is 14.4 Å². The van der Waals surface area contributed by atoms with Crippen LogP contribution < -0.4 is 11.1 Å². The monoisotopic (exact) mass is 272 g/mol. The van der Waals surface area contributed by atoms with Crippen molar-refractivity contribution in [3.63, 3.8) is 0 Å². The molecule has 0 aromatic rings. The maximum Gasteiger partial charge on any atom is 0.249 e. The van der Waals surface area contributed by atoms with Crippen molar-refractivity contribution in [2.75, 3.05) is 0 Å². The van der Waals surface area contributed by atoms with E-state index in [1.54, 1.807) is 6.92 Å². The summed E-state index contributed by atoms with van der Waals surface area (Å²) in [6, 6.07) is -0.912. The van der Waals surface area contributed by atoms with Gasteiger partial charge in [-0.05, 0) is 18.8 Å². The maximum absolute atomic E-state index is 11.7. The summed E-state index contributed by atoms with van der Waals surface area (Å²) in [5, 5.41) is 12.0. The van der Waals surface area contributed by atoms with Crippen molar-refractivity contribution in [3.8, 4) is 0 Å². The SMILES string of the molecule is CCC(=O)CC[C@H](NC(=O)[C@@H](O)CC(C)C)C(N)=O. The Kier molecular flexibility index (Phi) is 7.98. The van der Waals surface area contributed by atoms with E-state index in [1.807, 2.05) is 13.8 Å². The highest BCUT2D eigenvalue weighted by molar-refractivity contribution is 5.89. The molecule has 19 heavy (non-hydrogen) atoms. The number of aliphatic hydroxyl groups excluding tert-OH is 1. The van der Waals surface area contributed by atoms with E-state index in [-0.39, 0.29) is 24.5 Å². The number of hydrogen-bond acceptors (Lipinski definition) is 4. The molecule has 0 aromatic carbocycles. The predicted molar refractivity (Wildman–Crippen MR) is 71.1 cm³/mol. The molecule has 0 aliphatic rings. The number of nitrogens with one attached hydrogen (secondary N) is 1. The number of hydrogen-bond donors (Lipinski definition) is 3. The van der Waals surface area contributed by atoms with E-state index in [0.717, 1.165) is 0 Å². The summed E-state index contributed by atoms with van der Waals surface area (Å²) >= 11 is 0. The number of Topliss-reactive ketones (excluding diaryl/α,β-unsaturated/α-hetero) is 1. The van der Waals surface area contributed by atoms with Crippen molar-refractivity contribution in [3.05, 3.63) is 0 Å². The van der Waals surface area contributed by atoms with Gasteiger partial charge in [0.05, 0.1) is 0 Å². The van der Waals surface area contributed by atoms with Crippen LogP contribution in [0.1, 0.15) is 46.5 Å². The van der Waals surface area contributed by atoms with Crippen LogP contribution in [-0.4, -0.2) is 34.8 Å². The highest BCUT2D eigenvalue weighted by atomic mass is 16.3. The van der Waals surface area contributed by atoms with E-state index >= 15 is 0 Å². The highest BCUT2D eigenvalue weighted by Gasteiger charge is 2.23. The topological polar surface area (TPSA) is 109 Å². The Morgan fingerprint density at radius 3 is 2.26 bits per heavy atom. The van der Waals surface area contributed by atoms with Gasteiger partial charge in [0, 0.05) is 12.8 Å². The van der Waals surface area contributed by atoms with Gasteiger partial charge >= 0.3 is 0 Å². The fraction of sp³-hybridized carbons (Fsp3) is 0.769. The summed E-state index contributed by atoms with van der Waals surface area (Å²) in [6.07, 6.45) is -0.114. The summed E-state index contributed by atoms with van der Waals surface area (Å²) < 4.78 is 0. The standard InChI is InChI=1S/C13H24N2O4/c1-4-9(16)5-6-10(12(14)18)15-13(19)11(17)7-8(2)3/h8,10-11,17H,4-7H2,1-3H3,(H2,14,18)(H,15,19)/t10-,11-/m0/s1. The fourth-order valence-corrected chi connectivity index (χ4v) is 1.59. The summed E-state index contributed by atoms with van der Waals surface area (Å²) in [4.78, 5) is 34.0. The van der Waals surface area contributed by atoms with Gasteiger partial charge in [-0.15, -0.1) is 0 Å². The van der Waals surface area contributed by atoms with Crippen molar-refractivity contribution in [2.45, 2.75) is 58.6 Å². The Balaban J connectivity index is 4.37. The third-order valence-electron chi connectivity index (χ3n) is 2.76. The van der Waals surface area contributed by atoms with Crippen LogP contribution in [0.5, 0.6) is 0 Å². The van der Waals surface area contributed by atoms with Crippen LogP contribution in [0.25, 0.3) is 0 Å². The van der Waals surface area contributed by atoms with E-state index in [9.17, 15) is 19.5 Å². The molecule has 2 atom stereocenters. The minimum absolute atomic E-state index is 0.00299. The molecule has 0 aromatic heterocycles. The molecule has 0 aliphatic carbocycles. The first-order chi connectivity index (χ1) is 8.77. The van der Waals surface area contributed by atoms with Crippen LogP contribution in [0, 0.1) is 5.92 Å². The van der Waals surface area contributed by atoms with Crippen LogP contribution in [0.2, 0.25) is 0 Å². The highest BCUT2D eigenvalue weighted by Crippen LogP contribution is 2.06. The average molecular weight is 272 g/mol. The van der Waals surface area contributed by atoms with Gasteiger partial charge in [0.25, 0.3) is 0 Å². The van der Waals surface area contributed by atoms with E-state index in [1.165, 1.54) is 0 Å². The van der Waals surface area contributed by atoms with Gasteiger partial charge in [-0.2, -0.15) is 0 Å². The number of amides is 2. The van der Waals surface area contributed by atoms with Crippen LogP contribution in [0.15, 0.2) is 0 Å². The van der Waals surface area contributed by atoms with Gasteiger partial charge in [-0.1, -0.05) is 20.8 Å². The van der Waals surface area contributed by atoms with E-state index in [0.29, 0.717) is 12.8 Å². The van der Waals surface area contributed by atoms with E-state index < -0.39 is 24.0 Å². The summed E-state index contributed by atoms with van der Waals surface area (Å²) in [6.45, 7) is 5.48. The molecule has 110 valence electrons. The lowest BCUT2D eigenvalue weighted by Crippen LogP contribution is -2.48. The van der Waals surface area contributed by atoms with Gasteiger partial charge in [0.1, 0.15) is 17.9 Å². The molecule has 0 aliphatic heterocycles. The Bertz CT molecular complexity index is 329. The molecule has 0 bridgehead atoms. The molecule has 0 radical (unpaired) electrons. The number of aliphatic hydroxyl groups is 1. The van der Waals surface area contributed by atoms with Gasteiger partial charge in [0.15, 0.2) is 0 Å². The van der Waals surface area contributed by atoms with Gasteiger partial charge < -0.3 is 16.2 Å². The molecule has 0 heterocycles. The molecule has 0 spiro atoms. The zero-order valence-electron chi connectivity index (χ0n) is 11.8. The first-order valence-corrected chi connectivity index (χ1v) is 6.57. The minimum atomic E-state index is -1.16. The molecule has 2 amide bonds. The van der Waals surface area contributed by atoms with Crippen molar-refractivity contribution < 1.29 is 19.5 Å². The van der Waals surface area contributed by atoms with Crippen LogP contribution in [0.4, 0.5) is 0 Å². The molecule has 6 nitrogen and oxygen atoms in total. The molecule has 0 saturated heterocycles. The lowest BCUT2D eigenvalue weighted by atomic mass is 10.0. The zero-order valence-corrected chi connectivity index (χ0v) is 11.8. The molecule has 0 rings (SSSR count). The van der Waals surface area contributed by atoms with Gasteiger partial charge in [-0.3, -0.25) is 14.4 Å². The Labute approximate surface area is 113 Å². The predicted octanol–water partition coefficient (Wildman–Crippen LogP) is 0.123. The quantitative estimate of drug-likeness (QED) is 0.554. The molecule has 0 saturated carbocycles. The molecule has 4 N–H and O–H groups in total. The molecule has 0 fully saturated rings. The third-order valence-corrected chi connectivity index (χ3v) is 2.76. The smallest absolute Gasteiger partial charge is 0.249 e. The number of carbonyl (C=O) groups excluding carboxylic acids is 3. The summed E-state index contributed by atoms with van der Waals surface area (Å²) in [5.74, 6) is -1.16. The maximum atomic E-state index is 11.7. The number of nitrogens with two attached hydrogens (primary N) is 1. The molecule has 0 unspecified atom stereocenters. The Morgan fingerprint density at radius 1 is 1.26 bits per heavy atom. The Morgan fingerprint density at radius 2 is 1.84 bits per heavy atom.